The van der Waals surface area contributed by atoms with Crippen molar-refractivity contribution in [1.29, 1.82) is 0 Å². The van der Waals surface area contributed by atoms with E-state index in [9.17, 15) is 14.4 Å². The van der Waals surface area contributed by atoms with E-state index in [1.165, 1.54) is 24.2 Å². The number of amides is 3. The second-order valence-electron chi connectivity index (χ2n) is 9.82. The summed E-state index contributed by atoms with van der Waals surface area (Å²) in [6, 6.07) is 0. The summed E-state index contributed by atoms with van der Waals surface area (Å²) >= 11 is 0. The molecule has 5 nitrogen and oxygen atoms in total. The van der Waals surface area contributed by atoms with Crippen LogP contribution >= 0.6 is 0 Å². The number of rotatable bonds is 4. The van der Waals surface area contributed by atoms with Gasteiger partial charge in [0, 0.05) is 18.5 Å². The first-order chi connectivity index (χ1) is 12.5. The molecule has 5 aliphatic carbocycles. The summed E-state index contributed by atoms with van der Waals surface area (Å²) in [5, 5.41) is 3.35. The average molecular weight is 358 g/mol. The highest BCUT2D eigenvalue weighted by atomic mass is 16.2. The molecule has 1 heterocycles. The van der Waals surface area contributed by atoms with Crippen molar-refractivity contribution in [2.75, 3.05) is 6.54 Å². The first-order valence-corrected chi connectivity index (χ1v) is 10.7. The van der Waals surface area contributed by atoms with E-state index in [1.54, 1.807) is 0 Å². The molecule has 1 aliphatic heterocycles. The monoisotopic (exact) mass is 358 g/mol. The largest absolute Gasteiger partial charge is 0.351 e. The lowest BCUT2D eigenvalue weighted by Gasteiger charge is -2.56. The molecule has 5 saturated carbocycles. The predicted molar refractivity (Wildman–Crippen MR) is 95.8 cm³/mol. The quantitative estimate of drug-likeness (QED) is 0.786. The van der Waals surface area contributed by atoms with Crippen LogP contribution in [0, 0.1) is 29.6 Å². The van der Waals surface area contributed by atoms with Gasteiger partial charge in [0.05, 0.1) is 11.8 Å². The number of imide groups is 1. The van der Waals surface area contributed by atoms with Crippen LogP contribution in [0.5, 0.6) is 0 Å². The lowest BCUT2D eigenvalue weighted by Crippen LogP contribution is -2.60. The van der Waals surface area contributed by atoms with Crippen LogP contribution in [0.4, 0.5) is 0 Å². The van der Waals surface area contributed by atoms with Crippen LogP contribution in [-0.4, -0.2) is 34.7 Å². The minimum absolute atomic E-state index is 0.0127. The van der Waals surface area contributed by atoms with Gasteiger partial charge in [-0.3, -0.25) is 19.3 Å². The SMILES string of the molecule is O=C(CCN1C(=O)[C@H]2CCCC[C@H]2C1=O)NC12CC3CC(CC(C3)C1)C2. The van der Waals surface area contributed by atoms with Crippen LogP contribution in [0.3, 0.4) is 0 Å². The van der Waals surface area contributed by atoms with Crippen molar-refractivity contribution in [2.24, 2.45) is 29.6 Å². The molecule has 0 aromatic carbocycles. The molecule has 3 amide bonds. The van der Waals surface area contributed by atoms with Gasteiger partial charge in [-0.05, 0) is 69.1 Å². The molecule has 26 heavy (non-hydrogen) atoms. The number of likely N-dealkylation sites (tertiary alicyclic amines) is 1. The van der Waals surface area contributed by atoms with E-state index >= 15 is 0 Å². The summed E-state index contributed by atoms with van der Waals surface area (Å²) in [4.78, 5) is 39.1. The van der Waals surface area contributed by atoms with Gasteiger partial charge in [-0.2, -0.15) is 0 Å². The third-order valence-electron chi connectivity index (χ3n) is 7.94. The van der Waals surface area contributed by atoms with Crippen molar-refractivity contribution in [2.45, 2.75) is 76.2 Å². The lowest BCUT2D eigenvalue weighted by atomic mass is 9.53. The zero-order valence-corrected chi connectivity index (χ0v) is 15.5. The van der Waals surface area contributed by atoms with Crippen LogP contribution in [0.1, 0.15) is 70.6 Å². The van der Waals surface area contributed by atoms with E-state index < -0.39 is 0 Å². The molecule has 6 aliphatic rings. The van der Waals surface area contributed by atoms with Crippen molar-refractivity contribution in [3.05, 3.63) is 0 Å². The zero-order chi connectivity index (χ0) is 17.9. The second-order valence-corrected chi connectivity index (χ2v) is 9.82. The van der Waals surface area contributed by atoms with Crippen molar-refractivity contribution in [3.8, 4) is 0 Å². The molecule has 6 fully saturated rings. The topological polar surface area (TPSA) is 66.5 Å². The highest BCUT2D eigenvalue weighted by Crippen LogP contribution is 2.55. The molecule has 0 aromatic rings. The summed E-state index contributed by atoms with van der Waals surface area (Å²) in [6.45, 7) is 0.267. The van der Waals surface area contributed by atoms with Crippen LogP contribution in [-0.2, 0) is 14.4 Å². The first-order valence-electron chi connectivity index (χ1n) is 10.7. The normalized spacial score (nSPS) is 43.7. The molecular weight excluding hydrogens is 328 g/mol. The minimum atomic E-state index is -0.109. The summed E-state index contributed by atoms with van der Waals surface area (Å²) in [7, 11) is 0. The fraction of sp³-hybridized carbons (Fsp3) is 0.857. The predicted octanol–water partition coefficient (Wildman–Crippen LogP) is 2.64. The van der Waals surface area contributed by atoms with Gasteiger partial charge in [0.15, 0.2) is 0 Å². The van der Waals surface area contributed by atoms with Gasteiger partial charge in [0.25, 0.3) is 0 Å². The highest BCUT2D eigenvalue weighted by Gasteiger charge is 2.52. The molecule has 1 saturated heterocycles. The van der Waals surface area contributed by atoms with Gasteiger partial charge in [-0.15, -0.1) is 0 Å². The van der Waals surface area contributed by atoms with Crippen molar-refractivity contribution in [3.63, 3.8) is 0 Å². The molecular formula is C21H30N2O3. The molecule has 2 atom stereocenters. The highest BCUT2D eigenvalue weighted by molar-refractivity contribution is 6.05. The third kappa shape index (κ3) is 2.69. The Morgan fingerprint density at radius 3 is 1.92 bits per heavy atom. The molecule has 142 valence electrons. The van der Waals surface area contributed by atoms with Crippen LogP contribution in [0.15, 0.2) is 0 Å². The molecule has 6 rings (SSSR count). The summed E-state index contributed by atoms with van der Waals surface area (Å²) in [5.41, 5.74) is 0.0127. The number of hydrogen-bond donors (Lipinski definition) is 1. The van der Waals surface area contributed by atoms with Crippen molar-refractivity contribution in [1.82, 2.24) is 10.2 Å². The van der Waals surface area contributed by atoms with Gasteiger partial charge in [0.1, 0.15) is 0 Å². The molecule has 0 radical (unpaired) electrons. The fourth-order valence-electron chi connectivity index (χ4n) is 7.29. The van der Waals surface area contributed by atoms with Gasteiger partial charge < -0.3 is 5.32 Å². The molecule has 0 unspecified atom stereocenters. The third-order valence-corrected chi connectivity index (χ3v) is 7.94. The summed E-state index contributed by atoms with van der Waals surface area (Å²) in [6.07, 6.45) is 11.5. The number of nitrogens with zero attached hydrogens (tertiary/aromatic N) is 1. The second kappa shape index (κ2) is 6.07. The van der Waals surface area contributed by atoms with Crippen LogP contribution in [0.25, 0.3) is 0 Å². The van der Waals surface area contributed by atoms with Crippen LogP contribution in [0.2, 0.25) is 0 Å². The van der Waals surface area contributed by atoms with E-state index in [4.69, 9.17) is 0 Å². The molecule has 0 aromatic heterocycles. The van der Waals surface area contributed by atoms with Crippen molar-refractivity contribution < 1.29 is 14.4 Å². The van der Waals surface area contributed by atoms with Gasteiger partial charge in [-0.25, -0.2) is 0 Å². The Labute approximate surface area is 155 Å². The molecule has 1 N–H and O–H groups in total. The lowest BCUT2D eigenvalue weighted by molar-refractivity contribution is -0.140. The van der Waals surface area contributed by atoms with E-state index in [0.29, 0.717) is 0 Å². The number of fused-ring (bicyclic) bond motifs is 1. The van der Waals surface area contributed by atoms with E-state index in [0.717, 1.165) is 62.7 Å². The number of carbonyl (C=O) groups excluding carboxylic acids is 3. The first kappa shape index (κ1) is 16.8. The molecule has 4 bridgehead atoms. The van der Waals surface area contributed by atoms with Gasteiger partial charge in [-0.1, -0.05) is 12.8 Å². The van der Waals surface area contributed by atoms with Gasteiger partial charge in [0.2, 0.25) is 17.7 Å². The summed E-state index contributed by atoms with van der Waals surface area (Å²) in [5.74, 6) is 2.15. The van der Waals surface area contributed by atoms with E-state index in [1.807, 2.05) is 0 Å². The van der Waals surface area contributed by atoms with E-state index in [2.05, 4.69) is 5.32 Å². The number of carbonyl (C=O) groups is 3. The molecule has 5 heteroatoms. The Morgan fingerprint density at radius 2 is 1.42 bits per heavy atom. The minimum Gasteiger partial charge on any atom is -0.351 e. The van der Waals surface area contributed by atoms with Crippen molar-refractivity contribution >= 4 is 17.7 Å². The Kier molecular flexibility index (Phi) is 3.91. The maximum atomic E-state index is 12.7. The Balaban J connectivity index is 1.19. The maximum Gasteiger partial charge on any atom is 0.233 e. The Morgan fingerprint density at radius 1 is 0.923 bits per heavy atom. The fourth-order valence-corrected chi connectivity index (χ4v) is 7.29. The van der Waals surface area contributed by atoms with Crippen LogP contribution < -0.4 is 5.32 Å². The number of nitrogens with one attached hydrogen (secondary N) is 1. The smallest absolute Gasteiger partial charge is 0.233 e. The molecule has 0 spiro atoms. The standard InChI is InChI=1S/C21H30N2O3/c24-18(22-21-10-13-7-14(11-21)9-15(8-13)12-21)5-6-23-19(25)16-3-1-2-4-17(16)20(23)26/h13-17H,1-12H2,(H,22,24)/t13?,14?,15?,16-,17+,21?. The number of hydrogen-bond acceptors (Lipinski definition) is 3. The maximum absolute atomic E-state index is 12.7. The average Bonchev–Trinajstić information content (AvgIpc) is 2.83. The van der Waals surface area contributed by atoms with Gasteiger partial charge >= 0.3 is 0 Å². The zero-order valence-electron chi connectivity index (χ0n) is 15.5. The Bertz CT molecular complexity index is 584. The summed E-state index contributed by atoms with van der Waals surface area (Å²) < 4.78 is 0. The Hall–Kier alpha value is -1.39. The van der Waals surface area contributed by atoms with E-state index in [-0.39, 0.29) is 48.1 Å².